The largest absolute Gasteiger partial charge is 0.459 e. The highest BCUT2D eigenvalue weighted by molar-refractivity contribution is 5.76. The zero-order valence-electron chi connectivity index (χ0n) is 13.6. The van der Waals surface area contributed by atoms with Crippen LogP contribution in [0.3, 0.4) is 0 Å². The standard InChI is InChI=1S/C17H28N2O2/c1-5-15(18)19-14(16(20)21-17(2,3)4)12-11-13-9-7-6-8-10-13/h6-10,14-15,19H,5,11-12,18H2,1-4H3. The highest BCUT2D eigenvalue weighted by Crippen LogP contribution is 2.12. The van der Waals surface area contributed by atoms with Gasteiger partial charge in [0.15, 0.2) is 0 Å². The molecule has 4 nitrogen and oxygen atoms in total. The van der Waals surface area contributed by atoms with E-state index >= 15 is 0 Å². The van der Waals surface area contributed by atoms with E-state index < -0.39 is 5.60 Å². The Morgan fingerprint density at radius 2 is 1.90 bits per heavy atom. The van der Waals surface area contributed by atoms with E-state index in [1.807, 2.05) is 45.9 Å². The Bertz CT molecular complexity index is 426. The van der Waals surface area contributed by atoms with Crippen molar-refractivity contribution >= 4 is 5.97 Å². The monoisotopic (exact) mass is 292 g/mol. The number of benzene rings is 1. The van der Waals surface area contributed by atoms with Gasteiger partial charge in [0, 0.05) is 0 Å². The number of nitrogens with one attached hydrogen (secondary N) is 1. The lowest BCUT2D eigenvalue weighted by molar-refractivity contribution is -0.157. The minimum Gasteiger partial charge on any atom is -0.459 e. The van der Waals surface area contributed by atoms with Crippen molar-refractivity contribution in [2.24, 2.45) is 5.73 Å². The second kappa shape index (κ2) is 8.15. The lowest BCUT2D eigenvalue weighted by Gasteiger charge is -2.26. The van der Waals surface area contributed by atoms with Gasteiger partial charge in [0.05, 0.1) is 6.17 Å². The van der Waals surface area contributed by atoms with Crippen molar-refractivity contribution in [3.63, 3.8) is 0 Å². The van der Waals surface area contributed by atoms with Crippen molar-refractivity contribution in [2.45, 2.75) is 64.8 Å². The summed E-state index contributed by atoms with van der Waals surface area (Å²) in [5.41, 5.74) is 6.65. The lowest BCUT2D eigenvalue weighted by atomic mass is 10.0. The molecule has 0 fully saturated rings. The van der Waals surface area contributed by atoms with Crippen LogP contribution in [0.4, 0.5) is 0 Å². The maximum Gasteiger partial charge on any atom is 0.323 e. The predicted octanol–water partition coefficient (Wildman–Crippen LogP) is 2.61. The third-order valence-electron chi connectivity index (χ3n) is 3.11. The smallest absolute Gasteiger partial charge is 0.323 e. The molecule has 21 heavy (non-hydrogen) atoms. The molecule has 0 aromatic heterocycles. The SMILES string of the molecule is CCC(N)NC(CCc1ccccc1)C(=O)OC(C)(C)C. The minimum absolute atomic E-state index is 0.196. The van der Waals surface area contributed by atoms with Gasteiger partial charge in [-0.25, -0.2) is 0 Å². The number of hydrogen-bond donors (Lipinski definition) is 2. The van der Waals surface area contributed by atoms with Crippen molar-refractivity contribution in [3.05, 3.63) is 35.9 Å². The van der Waals surface area contributed by atoms with E-state index in [2.05, 4.69) is 17.4 Å². The minimum atomic E-state index is -0.486. The molecule has 2 unspecified atom stereocenters. The van der Waals surface area contributed by atoms with Crippen LogP contribution >= 0.6 is 0 Å². The second-order valence-corrected chi connectivity index (χ2v) is 6.29. The maximum absolute atomic E-state index is 12.3. The van der Waals surface area contributed by atoms with Crippen molar-refractivity contribution in [2.75, 3.05) is 0 Å². The van der Waals surface area contributed by atoms with Gasteiger partial charge in [-0.05, 0) is 45.6 Å². The average Bonchev–Trinajstić information content (AvgIpc) is 2.42. The third-order valence-corrected chi connectivity index (χ3v) is 3.11. The molecule has 0 aliphatic rings. The Kier molecular flexibility index (Phi) is 6.85. The molecule has 0 bridgehead atoms. The van der Waals surface area contributed by atoms with Gasteiger partial charge in [-0.3, -0.25) is 10.1 Å². The number of rotatable bonds is 7. The Morgan fingerprint density at radius 3 is 2.43 bits per heavy atom. The molecule has 0 aliphatic heterocycles. The maximum atomic E-state index is 12.3. The van der Waals surface area contributed by atoms with Crippen LogP contribution in [-0.2, 0) is 16.0 Å². The fourth-order valence-corrected chi connectivity index (χ4v) is 1.97. The van der Waals surface area contributed by atoms with Gasteiger partial charge in [0.2, 0.25) is 0 Å². The molecule has 0 heterocycles. The number of nitrogens with two attached hydrogens (primary N) is 1. The predicted molar refractivity (Wildman–Crippen MR) is 85.8 cm³/mol. The van der Waals surface area contributed by atoms with Gasteiger partial charge in [0.1, 0.15) is 11.6 Å². The fraction of sp³-hybridized carbons (Fsp3) is 0.588. The summed E-state index contributed by atoms with van der Waals surface area (Å²) in [4.78, 5) is 12.3. The fourth-order valence-electron chi connectivity index (χ4n) is 1.97. The number of hydrogen-bond acceptors (Lipinski definition) is 4. The van der Waals surface area contributed by atoms with Crippen molar-refractivity contribution in [1.82, 2.24) is 5.32 Å². The first kappa shape index (κ1) is 17.7. The average molecular weight is 292 g/mol. The first-order chi connectivity index (χ1) is 9.81. The number of carbonyl (C=O) groups excluding carboxylic acids is 1. The molecule has 0 saturated heterocycles. The topological polar surface area (TPSA) is 64.3 Å². The molecule has 4 heteroatoms. The third kappa shape index (κ3) is 7.25. The van der Waals surface area contributed by atoms with Gasteiger partial charge in [-0.2, -0.15) is 0 Å². The van der Waals surface area contributed by atoms with Crippen molar-refractivity contribution in [1.29, 1.82) is 0 Å². The molecule has 1 aromatic carbocycles. The molecular weight excluding hydrogens is 264 g/mol. The Morgan fingerprint density at radius 1 is 1.29 bits per heavy atom. The highest BCUT2D eigenvalue weighted by atomic mass is 16.6. The summed E-state index contributed by atoms with van der Waals surface area (Å²) in [6.45, 7) is 7.61. The molecule has 0 spiro atoms. The zero-order chi connectivity index (χ0) is 15.9. The molecule has 0 radical (unpaired) electrons. The van der Waals surface area contributed by atoms with Gasteiger partial charge in [-0.1, -0.05) is 37.3 Å². The van der Waals surface area contributed by atoms with E-state index in [4.69, 9.17) is 10.5 Å². The normalized spacial score (nSPS) is 14.5. The Balaban J connectivity index is 2.65. The van der Waals surface area contributed by atoms with Crippen molar-refractivity contribution in [3.8, 4) is 0 Å². The number of esters is 1. The first-order valence-electron chi connectivity index (χ1n) is 7.60. The van der Waals surface area contributed by atoms with Gasteiger partial charge in [0.25, 0.3) is 0 Å². The van der Waals surface area contributed by atoms with Crippen LogP contribution in [-0.4, -0.2) is 23.8 Å². The first-order valence-corrected chi connectivity index (χ1v) is 7.60. The van der Waals surface area contributed by atoms with Gasteiger partial charge >= 0.3 is 5.97 Å². The summed E-state index contributed by atoms with van der Waals surface area (Å²) in [6, 6.07) is 9.74. The van der Waals surface area contributed by atoms with E-state index in [0.29, 0.717) is 6.42 Å². The molecule has 0 amide bonds. The molecule has 0 aliphatic carbocycles. The van der Waals surface area contributed by atoms with Gasteiger partial charge < -0.3 is 10.5 Å². The zero-order valence-corrected chi connectivity index (χ0v) is 13.6. The second-order valence-electron chi connectivity index (χ2n) is 6.29. The van der Waals surface area contributed by atoms with E-state index in [0.717, 1.165) is 12.8 Å². The quantitative estimate of drug-likeness (QED) is 0.599. The molecule has 0 saturated carbocycles. The summed E-state index contributed by atoms with van der Waals surface area (Å²) in [6.07, 6.45) is 2.06. The highest BCUT2D eigenvalue weighted by Gasteiger charge is 2.25. The van der Waals surface area contributed by atoms with Crippen LogP contribution in [0.25, 0.3) is 0 Å². The van der Waals surface area contributed by atoms with Crippen LogP contribution < -0.4 is 11.1 Å². The van der Waals surface area contributed by atoms with E-state index in [-0.39, 0.29) is 18.2 Å². The van der Waals surface area contributed by atoms with E-state index in [1.165, 1.54) is 5.56 Å². The molecule has 1 aromatic rings. The molecule has 118 valence electrons. The van der Waals surface area contributed by atoms with Crippen LogP contribution in [0.1, 0.15) is 46.1 Å². The summed E-state index contributed by atoms with van der Waals surface area (Å²) in [5, 5.41) is 3.16. The number of carbonyl (C=O) groups is 1. The molecule has 3 N–H and O–H groups in total. The summed E-state index contributed by atoms with van der Waals surface area (Å²) < 4.78 is 5.48. The van der Waals surface area contributed by atoms with Crippen molar-refractivity contribution < 1.29 is 9.53 Å². The Hall–Kier alpha value is -1.39. The van der Waals surface area contributed by atoms with Crippen LogP contribution in [0.15, 0.2) is 30.3 Å². The molecule has 1 rings (SSSR count). The summed E-state index contributed by atoms with van der Waals surface area (Å²) >= 11 is 0. The van der Waals surface area contributed by atoms with Crippen LogP contribution in [0.5, 0.6) is 0 Å². The Labute approximate surface area is 128 Å². The summed E-state index contributed by atoms with van der Waals surface area (Å²) in [5.74, 6) is -0.234. The van der Waals surface area contributed by atoms with Crippen LogP contribution in [0.2, 0.25) is 0 Å². The number of aryl methyl sites for hydroxylation is 1. The van der Waals surface area contributed by atoms with E-state index in [1.54, 1.807) is 0 Å². The number of ether oxygens (including phenoxy) is 1. The molecular formula is C17H28N2O2. The summed E-state index contributed by atoms with van der Waals surface area (Å²) in [7, 11) is 0. The molecule has 2 atom stereocenters. The lowest BCUT2D eigenvalue weighted by Crippen LogP contribution is -2.49. The van der Waals surface area contributed by atoms with Gasteiger partial charge in [-0.15, -0.1) is 0 Å². The van der Waals surface area contributed by atoms with Crippen LogP contribution in [0, 0.1) is 0 Å². The van der Waals surface area contributed by atoms with E-state index in [9.17, 15) is 4.79 Å².